The van der Waals surface area contributed by atoms with Gasteiger partial charge < -0.3 is 15.3 Å². The van der Waals surface area contributed by atoms with E-state index in [1.54, 1.807) is 13.1 Å². The largest absolute Gasteiger partial charge is 0.390 e. The SMILES string of the molecule is CCc1cc(C(=O)N2CCC(C)(O)CC2)cc(NC)n1. The fraction of sp³-hybridized carbons (Fsp3) is 0.600. The quantitative estimate of drug-likeness (QED) is 0.882. The first kappa shape index (κ1) is 14.8. The van der Waals surface area contributed by atoms with E-state index in [-0.39, 0.29) is 5.91 Å². The molecule has 0 unspecified atom stereocenters. The molecule has 0 atom stereocenters. The molecule has 20 heavy (non-hydrogen) atoms. The summed E-state index contributed by atoms with van der Waals surface area (Å²) in [4.78, 5) is 18.7. The van der Waals surface area contributed by atoms with E-state index >= 15 is 0 Å². The molecule has 1 aliphatic rings. The lowest BCUT2D eigenvalue weighted by atomic mass is 9.93. The highest BCUT2D eigenvalue weighted by atomic mass is 16.3. The van der Waals surface area contributed by atoms with E-state index in [4.69, 9.17) is 0 Å². The number of aromatic nitrogens is 1. The van der Waals surface area contributed by atoms with Crippen LogP contribution in [0.1, 0.15) is 42.7 Å². The van der Waals surface area contributed by atoms with Crippen molar-refractivity contribution in [2.45, 2.75) is 38.7 Å². The average molecular weight is 277 g/mol. The zero-order valence-electron chi connectivity index (χ0n) is 12.4. The topological polar surface area (TPSA) is 65.5 Å². The number of pyridine rings is 1. The van der Waals surface area contributed by atoms with Crippen molar-refractivity contribution >= 4 is 11.7 Å². The lowest BCUT2D eigenvalue weighted by Gasteiger charge is -2.35. The van der Waals surface area contributed by atoms with Crippen molar-refractivity contribution in [1.29, 1.82) is 0 Å². The fourth-order valence-electron chi connectivity index (χ4n) is 2.39. The van der Waals surface area contributed by atoms with E-state index in [0.29, 0.717) is 31.5 Å². The first-order chi connectivity index (χ1) is 9.45. The molecule has 110 valence electrons. The number of carbonyl (C=O) groups excluding carboxylic acids is 1. The second-order valence-corrected chi connectivity index (χ2v) is 5.63. The summed E-state index contributed by atoms with van der Waals surface area (Å²) in [7, 11) is 1.80. The standard InChI is InChI=1S/C15H23N3O2/c1-4-12-9-11(10-13(16-3)17-12)14(19)18-7-5-15(2,20)6-8-18/h9-10,20H,4-8H2,1-3H3,(H,16,17). The number of aliphatic hydroxyl groups is 1. The first-order valence-electron chi connectivity index (χ1n) is 7.15. The minimum atomic E-state index is -0.639. The van der Waals surface area contributed by atoms with Gasteiger partial charge in [-0.1, -0.05) is 6.92 Å². The van der Waals surface area contributed by atoms with Gasteiger partial charge in [0.15, 0.2) is 0 Å². The molecule has 0 radical (unpaired) electrons. The van der Waals surface area contributed by atoms with Crippen molar-refractivity contribution in [2.24, 2.45) is 0 Å². The summed E-state index contributed by atoms with van der Waals surface area (Å²) >= 11 is 0. The minimum Gasteiger partial charge on any atom is -0.390 e. The summed E-state index contributed by atoms with van der Waals surface area (Å²) in [5.74, 6) is 0.741. The number of nitrogens with zero attached hydrogens (tertiary/aromatic N) is 2. The maximum atomic E-state index is 12.5. The highest BCUT2D eigenvalue weighted by molar-refractivity contribution is 5.95. The third kappa shape index (κ3) is 3.28. The summed E-state index contributed by atoms with van der Waals surface area (Å²) in [5, 5.41) is 12.9. The number of rotatable bonds is 3. The zero-order chi connectivity index (χ0) is 14.8. The molecular weight excluding hydrogens is 254 g/mol. The molecule has 1 fully saturated rings. The van der Waals surface area contributed by atoms with Gasteiger partial charge in [0.1, 0.15) is 5.82 Å². The van der Waals surface area contributed by atoms with Crippen molar-refractivity contribution < 1.29 is 9.90 Å². The first-order valence-corrected chi connectivity index (χ1v) is 7.15. The van der Waals surface area contributed by atoms with Crippen molar-refractivity contribution in [2.75, 3.05) is 25.5 Å². The third-order valence-corrected chi connectivity index (χ3v) is 3.87. The number of likely N-dealkylation sites (tertiary alicyclic amines) is 1. The van der Waals surface area contributed by atoms with Crippen LogP contribution in [0.15, 0.2) is 12.1 Å². The number of nitrogens with one attached hydrogen (secondary N) is 1. The number of anilines is 1. The maximum absolute atomic E-state index is 12.5. The van der Waals surface area contributed by atoms with E-state index in [1.807, 2.05) is 24.8 Å². The molecule has 1 amide bonds. The van der Waals surface area contributed by atoms with Crippen LogP contribution in [0.3, 0.4) is 0 Å². The Labute approximate surface area is 120 Å². The number of aryl methyl sites for hydroxylation is 1. The Bertz CT molecular complexity index is 468. The van der Waals surface area contributed by atoms with E-state index < -0.39 is 5.60 Å². The zero-order valence-corrected chi connectivity index (χ0v) is 12.4. The van der Waals surface area contributed by atoms with Crippen LogP contribution in [-0.4, -0.2) is 46.6 Å². The van der Waals surface area contributed by atoms with Crippen LogP contribution in [-0.2, 0) is 6.42 Å². The summed E-state index contributed by atoms with van der Waals surface area (Å²) in [6.07, 6.45) is 2.05. The predicted octanol–water partition coefficient (Wildman–Crippen LogP) is 1.67. The Morgan fingerprint density at radius 1 is 1.45 bits per heavy atom. The van der Waals surface area contributed by atoms with Gasteiger partial charge in [0, 0.05) is 31.4 Å². The van der Waals surface area contributed by atoms with Crippen molar-refractivity contribution in [3.05, 3.63) is 23.4 Å². The van der Waals surface area contributed by atoms with E-state index in [0.717, 1.165) is 17.9 Å². The van der Waals surface area contributed by atoms with Crippen LogP contribution in [0, 0.1) is 0 Å². The molecule has 0 aliphatic carbocycles. The molecule has 5 nitrogen and oxygen atoms in total. The summed E-state index contributed by atoms with van der Waals surface area (Å²) in [6, 6.07) is 3.64. The number of hydrogen-bond acceptors (Lipinski definition) is 4. The van der Waals surface area contributed by atoms with Crippen LogP contribution < -0.4 is 5.32 Å². The number of piperidine rings is 1. The molecule has 1 saturated heterocycles. The van der Waals surface area contributed by atoms with Crippen molar-refractivity contribution in [3.8, 4) is 0 Å². The Kier molecular flexibility index (Phi) is 4.28. The highest BCUT2D eigenvalue weighted by Gasteiger charge is 2.30. The Hall–Kier alpha value is -1.62. The van der Waals surface area contributed by atoms with Gasteiger partial charge in [-0.05, 0) is 38.3 Å². The monoisotopic (exact) mass is 277 g/mol. The van der Waals surface area contributed by atoms with Crippen LogP contribution in [0.4, 0.5) is 5.82 Å². The van der Waals surface area contributed by atoms with Gasteiger partial charge in [-0.3, -0.25) is 4.79 Å². The van der Waals surface area contributed by atoms with Gasteiger partial charge in [-0.15, -0.1) is 0 Å². The average Bonchev–Trinajstić information content (AvgIpc) is 2.46. The Morgan fingerprint density at radius 3 is 2.65 bits per heavy atom. The number of amides is 1. The van der Waals surface area contributed by atoms with Crippen LogP contribution in [0.5, 0.6) is 0 Å². The van der Waals surface area contributed by atoms with Gasteiger partial charge in [0.2, 0.25) is 0 Å². The van der Waals surface area contributed by atoms with Gasteiger partial charge in [-0.2, -0.15) is 0 Å². The number of hydrogen-bond donors (Lipinski definition) is 2. The van der Waals surface area contributed by atoms with Gasteiger partial charge in [-0.25, -0.2) is 4.98 Å². The van der Waals surface area contributed by atoms with Crippen LogP contribution in [0.2, 0.25) is 0 Å². The molecule has 5 heteroatoms. The lowest BCUT2D eigenvalue weighted by Crippen LogP contribution is -2.45. The predicted molar refractivity (Wildman–Crippen MR) is 78.9 cm³/mol. The molecular formula is C15H23N3O2. The summed E-state index contributed by atoms with van der Waals surface area (Å²) in [5.41, 5.74) is 0.937. The molecule has 1 aromatic rings. The number of carbonyl (C=O) groups is 1. The molecule has 0 saturated carbocycles. The molecule has 0 bridgehead atoms. The molecule has 0 aromatic carbocycles. The molecule has 1 aromatic heterocycles. The molecule has 2 N–H and O–H groups in total. The Balaban J connectivity index is 2.17. The Morgan fingerprint density at radius 2 is 2.10 bits per heavy atom. The van der Waals surface area contributed by atoms with Crippen LogP contribution in [0.25, 0.3) is 0 Å². The highest BCUT2D eigenvalue weighted by Crippen LogP contribution is 2.23. The van der Waals surface area contributed by atoms with Gasteiger partial charge in [0.25, 0.3) is 5.91 Å². The normalized spacial score (nSPS) is 17.9. The van der Waals surface area contributed by atoms with Crippen molar-refractivity contribution in [1.82, 2.24) is 9.88 Å². The van der Waals surface area contributed by atoms with Crippen molar-refractivity contribution in [3.63, 3.8) is 0 Å². The van der Waals surface area contributed by atoms with Crippen LogP contribution >= 0.6 is 0 Å². The molecule has 2 heterocycles. The van der Waals surface area contributed by atoms with E-state index in [1.165, 1.54) is 0 Å². The lowest BCUT2D eigenvalue weighted by molar-refractivity contribution is -0.00203. The van der Waals surface area contributed by atoms with Gasteiger partial charge >= 0.3 is 0 Å². The summed E-state index contributed by atoms with van der Waals surface area (Å²) < 4.78 is 0. The van der Waals surface area contributed by atoms with E-state index in [2.05, 4.69) is 10.3 Å². The maximum Gasteiger partial charge on any atom is 0.254 e. The second-order valence-electron chi connectivity index (χ2n) is 5.63. The van der Waals surface area contributed by atoms with Gasteiger partial charge in [0.05, 0.1) is 5.60 Å². The van der Waals surface area contributed by atoms with E-state index in [9.17, 15) is 9.90 Å². The minimum absolute atomic E-state index is 0.0223. The fourth-order valence-corrected chi connectivity index (χ4v) is 2.39. The third-order valence-electron chi connectivity index (χ3n) is 3.87. The second kappa shape index (κ2) is 5.79. The molecule has 0 spiro atoms. The summed E-state index contributed by atoms with van der Waals surface area (Å²) in [6.45, 7) is 5.05. The molecule has 2 rings (SSSR count). The molecule has 1 aliphatic heterocycles. The smallest absolute Gasteiger partial charge is 0.254 e.